The lowest BCUT2D eigenvalue weighted by Crippen LogP contribution is -2.19. The molecule has 0 radical (unpaired) electrons. The molecular formula is C16H12F4N4O. The van der Waals surface area contributed by atoms with E-state index < -0.39 is 23.8 Å². The quantitative estimate of drug-likeness (QED) is 0.673. The molecule has 9 heteroatoms. The van der Waals surface area contributed by atoms with Crippen molar-refractivity contribution in [1.29, 1.82) is 0 Å². The number of methoxy groups -OCH3 is 1. The Kier molecular flexibility index (Phi) is 3.33. The number of benzene rings is 1. The molecular weight excluding hydrogens is 340 g/mol. The van der Waals surface area contributed by atoms with Gasteiger partial charge in [-0.15, -0.1) is 10.2 Å². The van der Waals surface area contributed by atoms with E-state index in [1.165, 1.54) is 12.4 Å². The third-order valence-electron chi connectivity index (χ3n) is 4.24. The minimum absolute atomic E-state index is 0.143. The van der Waals surface area contributed by atoms with E-state index >= 15 is 0 Å². The van der Waals surface area contributed by atoms with Crippen molar-refractivity contribution in [2.24, 2.45) is 0 Å². The van der Waals surface area contributed by atoms with Gasteiger partial charge in [-0.2, -0.15) is 8.78 Å². The molecule has 1 atom stereocenters. The summed E-state index contributed by atoms with van der Waals surface area (Å²) in [6, 6.07) is 6.47. The molecule has 0 spiro atoms. The first-order valence-electron chi connectivity index (χ1n) is 7.44. The molecule has 0 amide bonds. The van der Waals surface area contributed by atoms with Gasteiger partial charge >= 0.3 is 6.11 Å². The standard InChI is InChI=1S/C16H12F4N4O/c1-25-16(19,20)14-23-22-13-7-21-12(8-24(13)14)10-4-2-9(3-5-10)11-6-15(11,17)18/h2-5,7-8,11H,6H2,1H3/t11-/m0/s1. The summed E-state index contributed by atoms with van der Waals surface area (Å²) in [6.45, 7) is 0. The second-order valence-electron chi connectivity index (χ2n) is 5.88. The van der Waals surface area contributed by atoms with Gasteiger partial charge in [0.2, 0.25) is 5.82 Å². The van der Waals surface area contributed by atoms with Crippen LogP contribution in [0.1, 0.15) is 23.7 Å². The van der Waals surface area contributed by atoms with Crippen LogP contribution in [0.25, 0.3) is 16.9 Å². The molecule has 1 saturated carbocycles. The third kappa shape index (κ3) is 2.64. The molecule has 1 aliphatic carbocycles. The van der Waals surface area contributed by atoms with E-state index in [0.29, 0.717) is 16.8 Å². The zero-order chi connectivity index (χ0) is 17.8. The lowest BCUT2D eigenvalue weighted by molar-refractivity contribution is -0.237. The molecule has 2 aromatic heterocycles. The largest absolute Gasteiger partial charge is 0.417 e. The van der Waals surface area contributed by atoms with Gasteiger partial charge in [-0.25, -0.2) is 8.78 Å². The molecule has 1 aliphatic rings. The number of hydrogen-bond donors (Lipinski definition) is 0. The van der Waals surface area contributed by atoms with Gasteiger partial charge in [0.25, 0.3) is 5.92 Å². The second kappa shape index (κ2) is 5.22. The molecule has 0 unspecified atom stereocenters. The number of fused-ring (bicyclic) bond motifs is 1. The van der Waals surface area contributed by atoms with Crippen LogP contribution < -0.4 is 0 Å². The van der Waals surface area contributed by atoms with Crippen molar-refractivity contribution in [2.45, 2.75) is 24.4 Å². The van der Waals surface area contributed by atoms with Gasteiger partial charge in [-0.3, -0.25) is 9.38 Å². The van der Waals surface area contributed by atoms with Crippen molar-refractivity contribution in [1.82, 2.24) is 19.6 Å². The molecule has 130 valence electrons. The highest BCUT2D eigenvalue weighted by Crippen LogP contribution is 2.55. The van der Waals surface area contributed by atoms with E-state index in [-0.39, 0.29) is 12.1 Å². The van der Waals surface area contributed by atoms with Crippen molar-refractivity contribution in [2.75, 3.05) is 7.11 Å². The van der Waals surface area contributed by atoms with Crippen LogP contribution >= 0.6 is 0 Å². The smallest absolute Gasteiger partial charge is 0.317 e. The zero-order valence-electron chi connectivity index (χ0n) is 13.0. The Morgan fingerprint density at radius 3 is 2.48 bits per heavy atom. The maximum atomic E-state index is 13.8. The molecule has 0 bridgehead atoms. The summed E-state index contributed by atoms with van der Waals surface area (Å²) in [5.74, 6) is -4.05. The van der Waals surface area contributed by atoms with Gasteiger partial charge < -0.3 is 4.74 Å². The fraction of sp³-hybridized carbons (Fsp3) is 0.312. The van der Waals surface area contributed by atoms with Gasteiger partial charge in [-0.05, 0) is 5.56 Å². The number of aromatic nitrogens is 4. The highest BCUT2D eigenvalue weighted by Gasteiger charge is 2.57. The van der Waals surface area contributed by atoms with Gasteiger partial charge in [0.15, 0.2) is 5.65 Å². The number of rotatable bonds is 4. The van der Waals surface area contributed by atoms with Gasteiger partial charge in [-0.1, -0.05) is 24.3 Å². The van der Waals surface area contributed by atoms with Crippen molar-refractivity contribution >= 4 is 5.65 Å². The summed E-state index contributed by atoms with van der Waals surface area (Å²) in [5, 5.41) is 7.09. The van der Waals surface area contributed by atoms with Gasteiger partial charge in [0.1, 0.15) is 0 Å². The van der Waals surface area contributed by atoms with Crippen LogP contribution in [0, 0.1) is 0 Å². The Hall–Kier alpha value is -2.55. The SMILES string of the molecule is COC(F)(F)c1nnc2cnc(-c3ccc([C@@H]4CC4(F)F)cc3)cn12. The number of hydrogen-bond acceptors (Lipinski definition) is 4. The summed E-state index contributed by atoms with van der Waals surface area (Å²) in [4.78, 5) is 4.16. The Morgan fingerprint density at radius 2 is 1.88 bits per heavy atom. The van der Waals surface area contributed by atoms with Crippen LogP contribution in [-0.4, -0.2) is 32.6 Å². The second-order valence-corrected chi connectivity index (χ2v) is 5.88. The molecule has 0 N–H and O–H groups in total. The van der Waals surface area contributed by atoms with Crippen LogP contribution in [0.2, 0.25) is 0 Å². The number of nitrogens with zero attached hydrogens (tertiary/aromatic N) is 4. The van der Waals surface area contributed by atoms with Crippen molar-refractivity contribution in [3.8, 4) is 11.3 Å². The number of halogens is 4. The summed E-state index contributed by atoms with van der Waals surface area (Å²) >= 11 is 0. The summed E-state index contributed by atoms with van der Waals surface area (Å²) in [7, 11) is 0.871. The molecule has 0 aliphatic heterocycles. The first-order valence-corrected chi connectivity index (χ1v) is 7.44. The van der Waals surface area contributed by atoms with Crippen LogP contribution in [0.3, 0.4) is 0 Å². The minimum Gasteiger partial charge on any atom is -0.317 e. The van der Waals surface area contributed by atoms with Crippen molar-refractivity contribution < 1.29 is 22.3 Å². The minimum atomic E-state index is -3.60. The molecule has 1 fully saturated rings. The maximum absolute atomic E-state index is 13.8. The Bertz CT molecular complexity index is 939. The molecule has 2 heterocycles. The fourth-order valence-corrected chi connectivity index (χ4v) is 2.70. The predicted molar refractivity (Wildman–Crippen MR) is 79.4 cm³/mol. The molecule has 1 aromatic carbocycles. The molecule has 25 heavy (non-hydrogen) atoms. The van der Waals surface area contributed by atoms with Crippen molar-refractivity contribution in [3.05, 3.63) is 48.0 Å². The average molecular weight is 352 g/mol. The van der Waals surface area contributed by atoms with Crippen LogP contribution in [0.4, 0.5) is 17.6 Å². The monoisotopic (exact) mass is 352 g/mol. The highest BCUT2D eigenvalue weighted by atomic mass is 19.3. The van der Waals surface area contributed by atoms with E-state index in [9.17, 15) is 17.6 Å². The Labute approximate surface area is 139 Å². The van der Waals surface area contributed by atoms with E-state index in [4.69, 9.17) is 0 Å². The molecule has 5 nitrogen and oxygen atoms in total. The number of ether oxygens (including phenoxy) is 1. The maximum Gasteiger partial charge on any atom is 0.417 e. The molecule has 0 saturated heterocycles. The summed E-state index contributed by atoms with van der Waals surface area (Å²) < 4.78 is 59.0. The Morgan fingerprint density at radius 1 is 1.20 bits per heavy atom. The first-order chi connectivity index (χ1) is 11.8. The van der Waals surface area contributed by atoms with E-state index in [2.05, 4.69) is 19.9 Å². The van der Waals surface area contributed by atoms with Crippen LogP contribution in [0.15, 0.2) is 36.7 Å². The fourth-order valence-electron chi connectivity index (χ4n) is 2.70. The van der Waals surface area contributed by atoms with Gasteiger partial charge in [0.05, 0.1) is 17.8 Å². The van der Waals surface area contributed by atoms with Crippen molar-refractivity contribution in [3.63, 3.8) is 0 Å². The van der Waals surface area contributed by atoms with Gasteiger partial charge in [0, 0.05) is 25.3 Å². The Balaban J connectivity index is 1.71. The average Bonchev–Trinajstić information content (AvgIpc) is 3.04. The normalized spacial score (nSPS) is 19.3. The zero-order valence-corrected chi connectivity index (χ0v) is 13.0. The molecule has 4 rings (SSSR count). The predicted octanol–water partition coefficient (Wildman–Crippen LogP) is 3.61. The third-order valence-corrected chi connectivity index (χ3v) is 4.24. The highest BCUT2D eigenvalue weighted by molar-refractivity contribution is 5.60. The molecule has 3 aromatic rings. The first kappa shape index (κ1) is 15.9. The van der Waals surface area contributed by atoms with Crippen LogP contribution in [0.5, 0.6) is 0 Å². The van der Waals surface area contributed by atoms with E-state index in [0.717, 1.165) is 11.5 Å². The van der Waals surface area contributed by atoms with E-state index in [1.54, 1.807) is 24.3 Å². The lowest BCUT2D eigenvalue weighted by atomic mass is 10.1. The topological polar surface area (TPSA) is 52.3 Å². The van der Waals surface area contributed by atoms with E-state index in [1.807, 2.05) is 0 Å². The summed E-state index contributed by atoms with van der Waals surface area (Å²) in [5.41, 5.74) is 1.68. The summed E-state index contributed by atoms with van der Waals surface area (Å²) in [6.07, 6.45) is -1.08. The number of alkyl halides is 4. The lowest BCUT2D eigenvalue weighted by Gasteiger charge is -2.11. The van der Waals surface area contributed by atoms with Crippen LogP contribution in [-0.2, 0) is 10.8 Å².